The van der Waals surface area contributed by atoms with Crippen LogP contribution in [0.5, 0.6) is 0 Å². The third-order valence-corrected chi connectivity index (χ3v) is 8.30. The average Bonchev–Trinajstić information content (AvgIpc) is 3.20. The Morgan fingerprint density at radius 3 is 2.80 bits per heavy atom. The maximum Gasteiger partial charge on any atom is 0.154 e. The lowest BCUT2D eigenvalue weighted by atomic mass is 9.88. The molecule has 1 fully saturated rings. The Kier molecular flexibility index (Phi) is 3.68. The molecule has 2 aromatic rings. The Morgan fingerprint density at radius 2 is 2.08 bits per heavy atom. The summed E-state index contributed by atoms with van der Waals surface area (Å²) in [5, 5.41) is 4.65. The molecule has 25 heavy (non-hydrogen) atoms. The fourth-order valence-corrected chi connectivity index (χ4v) is 5.62. The van der Waals surface area contributed by atoms with Crippen LogP contribution in [0.15, 0.2) is 36.0 Å². The molecule has 1 aliphatic carbocycles. The molecule has 0 amide bonds. The molecule has 1 saturated heterocycles. The predicted molar refractivity (Wildman–Crippen MR) is 103 cm³/mol. The first-order valence-corrected chi connectivity index (χ1v) is 10.8. The fraction of sp³-hybridized carbons (Fsp3) is 0.500. The number of aromatic amines is 1. The van der Waals surface area contributed by atoms with Crippen LogP contribution >= 0.6 is 0 Å². The van der Waals surface area contributed by atoms with Gasteiger partial charge >= 0.3 is 0 Å². The molecule has 2 N–H and O–H groups in total. The van der Waals surface area contributed by atoms with Gasteiger partial charge < -0.3 is 10.3 Å². The number of nitrogens with one attached hydrogen (secondary N) is 2. The summed E-state index contributed by atoms with van der Waals surface area (Å²) in [5.41, 5.74) is 5.04. The van der Waals surface area contributed by atoms with E-state index in [2.05, 4.69) is 54.6 Å². The number of hydrogen-bond donors (Lipinski definition) is 2. The summed E-state index contributed by atoms with van der Waals surface area (Å²) >= 11 is 0. The highest BCUT2D eigenvalue weighted by atomic mass is 32.2. The standard InChI is InChI=1S/C20H26N2O2S/c1-12-5-6-17-16(7-12)15(11-21-17)8-14-9-18-19(22-18)20(3,10-13(14)2)25(4,23)24/h5-7,9,11,13,18-19,21-22H,8,10H2,1-4H3. The summed E-state index contributed by atoms with van der Waals surface area (Å²) in [6.45, 7) is 6.18. The molecule has 4 unspecified atom stereocenters. The van der Waals surface area contributed by atoms with Gasteiger partial charge in [-0.15, -0.1) is 0 Å². The van der Waals surface area contributed by atoms with E-state index in [0.717, 1.165) is 11.9 Å². The molecule has 1 aliphatic heterocycles. The molecule has 1 aromatic heterocycles. The topological polar surface area (TPSA) is 71.9 Å². The number of aromatic nitrogens is 1. The minimum Gasteiger partial charge on any atom is -0.361 e. The van der Waals surface area contributed by atoms with Crippen LogP contribution < -0.4 is 5.32 Å². The van der Waals surface area contributed by atoms with E-state index >= 15 is 0 Å². The minimum atomic E-state index is -3.12. The Morgan fingerprint density at radius 1 is 1.32 bits per heavy atom. The van der Waals surface area contributed by atoms with Crippen LogP contribution in [0.25, 0.3) is 10.9 Å². The molecular formula is C20H26N2O2S. The van der Waals surface area contributed by atoms with E-state index in [4.69, 9.17) is 0 Å². The highest BCUT2D eigenvalue weighted by molar-refractivity contribution is 7.92. The number of H-pyrrole nitrogens is 1. The van der Waals surface area contributed by atoms with Crippen LogP contribution in [0.2, 0.25) is 0 Å². The average molecular weight is 359 g/mol. The molecule has 0 radical (unpaired) electrons. The first kappa shape index (κ1) is 16.9. The Labute approximate surface area is 149 Å². The number of rotatable bonds is 3. The first-order chi connectivity index (χ1) is 11.7. The lowest BCUT2D eigenvalue weighted by Gasteiger charge is -2.29. The third kappa shape index (κ3) is 2.74. The monoisotopic (exact) mass is 358 g/mol. The van der Waals surface area contributed by atoms with Crippen LogP contribution in [0, 0.1) is 12.8 Å². The molecule has 1 aromatic carbocycles. The normalized spacial score (nSPS) is 32.2. The highest BCUT2D eigenvalue weighted by Crippen LogP contribution is 2.43. The first-order valence-electron chi connectivity index (χ1n) is 8.92. The smallest absolute Gasteiger partial charge is 0.154 e. The maximum absolute atomic E-state index is 12.4. The summed E-state index contributed by atoms with van der Waals surface area (Å²) < 4.78 is 24.1. The fourth-order valence-electron chi connectivity index (χ4n) is 4.39. The van der Waals surface area contributed by atoms with Crippen molar-refractivity contribution in [2.45, 2.75) is 50.4 Å². The highest BCUT2D eigenvalue weighted by Gasteiger charge is 2.56. The molecule has 2 heterocycles. The van der Waals surface area contributed by atoms with Gasteiger partial charge in [0.2, 0.25) is 0 Å². The molecule has 4 rings (SSSR count). The van der Waals surface area contributed by atoms with E-state index < -0.39 is 14.6 Å². The molecule has 4 atom stereocenters. The van der Waals surface area contributed by atoms with E-state index in [9.17, 15) is 8.42 Å². The Hall–Kier alpha value is -1.59. The van der Waals surface area contributed by atoms with E-state index in [1.807, 2.05) is 6.92 Å². The van der Waals surface area contributed by atoms with Gasteiger partial charge in [0.25, 0.3) is 0 Å². The zero-order valence-corrected chi connectivity index (χ0v) is 16.1. The SMILES string of the molecule is Cc1ccc2[nH]cc(CC3=CC4NC4C(C)(S(C)(=O)=O)CC3C)c2c1. The van der Waals surface area contributed by atoms with Crippen LogP contribution in [-0.2, 0) is 16.3 Å². The van der Waals surface area contributed by atoms with Crippen molar-refractivity contribution in [1.82, 2.24) is 10.3 Å². The van der Waals surface area contributed by atoms with Gasteiger partial charge in [0.05, 0.1) is 4.75 Å². The van der Waals surface area contributed by atoms with Gasteiger partial charge in [-0.05, 0) is 50.3 Å². The van der Waals surface area contributed by atoms with Crippen molar-refractivity contribution in [3.63, 3.8) is 0 Å². The number of sulfone groups is 1. The second-order valence-corrected chi connectivity index (χ2v) is 10.6. The van der Waals surface area contributed by atoms with Crippen LogP contribution in [0.3, 0.4) is 0 Å². The number of fused-ring (bicyclic) bond motifs is 2. The molecule has 4 nitrogen and oxygen atoms in total. The van der Waals surface area contributed by atoms with Gasteiger partial charge in [-0.3, -0.25) is 0 Å². The Balaban J connectivity index is 1.67. The summed E-state index contributed by atoms with van der Waals surface area (Å²) in [4.78, 5) is 3.36. The molecule has 0 spiro atoms. The molecule has 0 saturated carbocycles. The second-order valence-electron chi connectivity index (χ2n) is 8.14. The van der Waals surface area contributed by atoms with Crippen molar-refractivity contribution in [1.29, 1.82) is 0 Å². The van der Waals surface area contributed by atoms with E-state index in [1.54, 1.807) is 0 Å². The van der Waals surface area contributed by atoms with E-state index in [1.165, 1.54) is 28.3 Å². The minimum absolute atomic E-state index is 0.0488. The number of aryl methyl sites for hydroxylation is 1. The lowest BCUT2D eigenvalue weighted by molar-refractivity contribution is 0.449. The van der Waals surface area contributed by atoms with Crippen molar-refractivity contribution in [3.8, 4) is 0 Å². The van der Waals surface area contributed by atoms with E-state index in [-0.39, 0.29) is 18.0 Å². The number of benzene rings is 1. The number of allylic oxidation sites excluding steroid dienone is 1. The van der Waals surface area contributed by atoms with Crippen LogP contribution in [0.4, 0.5) is 0 Å². The van der Waals surface area contributed by atoms with Crippen molar-refractivity contribution >= 4 is 20.7 Å². The molecule has 2 aliphatic rings. The van der Waals surface area contributed by atoms with Crippen molar-refractivity contribution < 1.29 is 8.42 Å². The van der Waals surface area contributed by atoms with Gasteiger partial charge in [0, 0.05) is 35.4 Å². The predicted octanol–water partition coefficient (Wildman–Crippen LogP) is 3.13. The van der Waals surface area contributed by atoms with Gasteiger partial charge in [0.1, 0.15) is 0 Å². The maximum atomic E-state index is 12.4. The lowest BCUT2D eigenvalue weighted by Crippen LogP contribution is -2.43. The van der Waals surface area contributed by atoms with Crippen molar-refractivity contribution in [3.05, 3.63) is 47.2 Å². The quantitative estimate of drug-likeness (QED) is 0.654. The summed E-state index contributed by atoms with van der Waals surface area (Å²) in [7, 11) is -3.12. The molecule has 5 heteroatoms. The van der Waals surface area contributed by atoms with Gasteiger partial charge in [-0.1, -0.05) is 30.2 Å². The number of hydrogen-bond acceptors (Lipinski definition) is 3. The molecule has 134 valence electrons. The molecular weight excluding hydrogens is 332 g/mol. The summed E-state index contributed by atoms with van der Waals surface area (Å²) in [6.07, 6.45) is 7.29. The zero-order valence-electron chi connectivity index (χ0n) is 15.3. The third-order valence-electron chi connectivity index (χ3n) is 6.18. The summed E-state index contributed by atoms with van der Waals surface area (Å²) in [5.74, 6) is 0.254. The largest absolute Gasteiger partial charge is 0.361 e. The van der Waals surface area contributed by atoms with Crippen molar-refractivity contribution in [2.24, 2.45) is 5.92 Å². The van der Waals surface area contributed by atoms with Crippen LogP contribution in [-0.4, -0.2) is 36.5 Å². The second kappa shape index (κ2) is 5.45. The van der Waals surface area contributed by atoms with Gasteiger partial charge in [0.15, 0.2) is 9.84 Å². The molecule has 0 bridgehead atoms. The Bertz CT molecular complexity index is 973. The van der Waals surface area contributed by atoms with Gasteiger partial charge in [-0.2, -0.15) is 0 Å². The zero-order chi connectivity index (χ0) is 18.0. The van der Waals surface area contributed by atoms with Crippen molar-refractivity contribution in [2.75, 3.05) is 6.26 Å². The summed E-state index contributed by atoms with van der Waals surface area (Å²) in [6, 6.07) is 6.70. The van der Waals surface area contributed by atoms with Crippen LogP contribution in [0.1, 0.15) is 31.4 Å². The van der Waals surface area contributed by atoms with Gasteiger partial charge in [-0.25, -0.2) is 8.42 Å². The van der Waals surface area contributed by atoms with E-state index in [0.29, 0.717) is 6.42 Å².